The maximum atomic E-state index is 11.7. The van der Waals surface area contributed by atoms with Crippen molar-refractivity contribution in [3.8, 4) is 5.75 Å². The fraction of sp³-hybridized carbons (Fsp3) is 0.619. The fourth-order valence-corrected chi connectivity index (χ4v) is 3.80. The Morgan fingerprint density at radius 3 is 2.71 bits per heavy atom. The average Bonchev–Trinajstić information content (AvgIpc) is 3.15. The van der Waals surface area contributed by atoms with Crippen LogP contribution in [0.1, 0.15) is 26.2 Å². The maximum absolute atomic E-state index is 11.7. The molecule has 0 radical (unpaired) electrons. The van der Waals surface area contributed by atoms with Crippen LogP contribution in [0.4, 0.5) is 5.69 Å². The van der Waals surface area contributed by atoms with Gasteiger partial charge in [-0.1, -0.05) is 6.07 Å². The Labute approximate surface area is 168 Å². The van der Waals surface area contributed by atoms with Crippen LogP contribution in [0.15, 0.2) is 29.3 Å². The van der Waals surface area contributed by atoms with Crippen molar-refractivity contribution in [3.05, 3.63) is 24.3 Å². The lowest BCUT2D eigenvalue weighted by Crippen LogP contribution is -2.52. The molecule has 154 valence electrons. The van der Waals surface area contributed by atoms with Crippen LogP contribution in [0, 0.1) is 0 Å². The summed E-state index contributed by atoms with van der Waals surface area (Å²) < 4.78 is 5.34. The number of amides is 1. The quantitative estimate of drug-likeness (QED) is 0.439. The molecule has 28 heavy (non-hydrogen) atoms. The highest BCUT2D eigenvalue weighted by atomic mass is 16.5. The predicted molar refractivity (Wildman–Crippen MR) is 113 cm³/mol. The summed E-state index contributed by atoms with van der Waals surface area (Å²) in [5, 5.41) is 3.42. The number of carbonyl (C=O) groups excluding carboxylic acids is 1. The Morgan fingerprint density at radius 2 is 2.04 bits per heavy atom. The minimum absolute atomic E-state index is 0.296. The standard InChI is InChI=1S/C21H33N5O2/c1-3-22-21(23-10-6-12-25-11-5-9-20(25)27)26-15-13-24(14-16-26)18-7-4-8-19(17-18)28-2/h4,7-8,17H,3,5-6,9-16H2,1-2H3,(H,22,23). The van der Waals surface area contributed by atoms with E-state index in [0.717, 1.165) is 76.9 Å². The van der Waals surface area contributed by atoms with Crippen LogP contribution >= 0.6 is 0 Å². The van der Waals surface area contributed by atoms with E-state index >= 15 is 0 Å². The number of piperazine rings is 1. The molecule has 7 nitrogen and oxygen atoms in total. The number of likely N-dealkylation sites (tertiary alicyclic amines) is 1. The number of aliphatic imine (C=N–C) groups is 1. The number of rotatable bonds is 7. The van der Waals surface area contributed by atoms with Crippen LogP contribution < -0.4 is 15.0 Å². The highest BCUT2D eigenvalue weighted by molar-refractivity contribution is 5.80. The van der Waals surface area contributed by atoms with Crippen molar-refractivity contribution < 1.29 is 9.53 Å². The van der Waals surface area contributed by atoms with E-state index in [0.29, 0.717) is 12.3 Å². The van der Waals surface area contributed by atoms with Gasteiger partial charge in [-0.25, -0.2) is 0 Å². The molecule has 0 aromatic heterocycles. The van der Waals surface area contributed by atoms with E-state index in [9.17, 15) is 4.79 Å². The molecule has 3 rings (SSSR count). The molecule has 1 aromatic rings. The molecule has 2 heterocycles. The normalized spacial score (nSPS) is 18.0. The molecule has 2 aliphatic heterocycles. The second-order valence-corrected chi connectivity index (χ2v) is 7.25. The van der Waals surface area contributed by atoms with Crippen molar-refractivity contribution >= 4 is 17.6 Å². The second kappa shape index (κ2) is 10.2. The number of hydrogen-bond acceptors (Lipinski definition) is 4. The van der Waals surface area contributed by atoms with Gasteiger partial charge in [0.2, 0.25) is 5.91 Å². The number of ether oxygens (including phenoxy) is 1. The number of benzene rings is 1. The first kappa shape index (κ1) is 20.3. The molecule has 0 saturated carbocycles. The third-order valence-electron chi connectivity index (χ3n) is 5.35. The Morgan fingerprint density at radius 1 is 1.21 bits per heavy atom. The van der Waals surface area contributed by atoms with Crippen molar-refractivity contribution in [3.63, 3.8) is 0 Å². The van der Waals surface area contributed by atoms with E-state index in [4.69, 9.17) is 9.73 Å². The van der Waals surface area contributed by atoms with Crippen LogP contribution in [0.25, 0.3) is 0 Å². The fourth-order valence-electron chi connectivity index (χ4n) is 3.80. The number of methoxy groups -OCH3 is 1. The Hall–Kier alpha value is -2.44. The molecular weight excluding hydrogens is 354 g/mol. The Balaban J connectivity index is 1.49. The number of hydrogen-bond donors (Lipinski definition) is 1. The topological polar surface area (TPSA) is 60.4 Å². The summed E-state index contributed by atoms with van der Waals surface area (Å²) in [6.45, 7) is 9.24. The molecule has 0 unspecified atom stereocenters. The summed E-state index contributed by atoms with van der Waals surface area (Å²) in [5.74, 6) is 2.18. The summed E-state index contributed by atoms with van der Waals surface area (Å²) in [7, 11) is 1.70. The molecule has 0 spiro atoms. The highest BCUT2D eigenvalue weighted by Crippen LogP contribution is 2.22. The van der Waals surface area contributed by atoms with E-state index in [1.807, 2.05) is 17.0 Å². The van der Waals surface area contributed by atoms with Crippen LogP contribution in [0.5, 0.6) is 5.75 Å². The molecule has 2 aliphatic rings. The zero-order valence-corrected chi connectivity index (χ0v) is 17.2. The van der Waals surface area contributed by atoms with E-state index < -0.39 is 0 Å². The van der Waals surface area contributed by atoms with Gasteiger partial charge >= 0.3 is 0 Å². The van der Waals surface area contributed by atoms with Crippen molar-refractivity contribution in [2.45, 2.75) is 26.2 Å². The Bertz CT molecular complexity index is 671. The molecule has 1 aromatic carbocycles. The number of anilines is 1. The minimum atomic E-state index is 0.296. The molecule has 0 aliphatic carbocycles. The van der Waals surface area contributed by atoms with Crippen molar-refractivity contribution in [2.75, 3.05) is 64.4 Å². The van der Waals surface area contributed by atoms with Crippen LogP contribution in [-0.4, -0.2) is 81.1 Å². The summed E-state index contributed by atoms with van der Waals surface area (Å²) in [6.07, 6.45) is 2.64. The minimum Gasteiger partial charge on any atom is -0.497 e. The summed E-state index contributed by atoms with van der Waals surface area (Å²) in [6, 6.07) is 8.24. The molecule has 1 N–H and O–H groups in total. The Kier molecular flexibility index (Phi) is 7.39. The van der Waals surface area contributed by atoms with Gasteiger partial charge in [0.05, 0.1) is 7.11 Å². The summed E-state index contributed by atoms with van der Waals surface area (Å²) in [4.78, 5) is 23.2. The number of nitrogens with one attached hydrogen (secondary N) is 1. The van der Waals surface area contributed by atoms with Gasteiger partial charge in [0, 0.05) is 70.5 Å². The van der Waals surface area contributed by atoms with Gasteiger partial charge in [0.25, 0.3) is 0 Å². The van der Waals surface area contributed by atoms with Crippen molar-refractivity contribution in [2.24, 2.45) is 4.99 Å². The van der Waals surface area contributed by atoms with Crippen molar-refractivity contribution in [1.29, 1.82) is 0 Å². The van der Waals surface area contributed by atoms with Crippen LogP contribution in [0.2, 0.25) is 0 Å². The number of guanidine groups is 1. The number of carbonyl (C=O) groups is 1. The lowest BCUT2D eigenvalue weighted by atomic mass is 10.2. The van der Waals surface area contributed by atoms with Gasteiger partial charge in [0.15, 0.2) is 5.96 Å². The molecule has 1 amide bonds. The predicted octanol–water partition coefficient (Wildman–Crippen LogP) is 1.80. The third-order valence-corrected chi connectivity index (χ3v) is 5.35. The first-order chi connectivity index (χ1) is 13.7. The first-order valence-electron chi connectivity index (χ1n) is 10.4. The average molecular weight is 388 g/mol. The van der Waals surface area contributed by atoms with Crippen LogP contribution in [0.3, 0.4) is 0 Å². The molecule has 7 heteroatoms. The zero-order valence-electron chi connectivity index (χ0n) is 17.2. The van der Waals surface area contributed by atoms with Gasteiger partial charge in [-0.3, -0.25) is 9.79 Å². The van der Waals surface area contributed by atoms with E-state index in [-0.39, 0.29) is 0 Å². The summed E-state index contributed by atoms with van der Waals surface area (Å²) in [5.41, 5.74) is 1.20. The molecule has 2 fully saturated rings. The van der Waals surface area contributed by atoms with E-state index in [1.54, 1.807) is 7.11 Å². The lowest BCUT2D eigenvalue weighted by Gasteiger charge is -2.37. The summed E-state index contributed by atoms with van der Waals surface area (Å²) >= 11 is 0. The smallest absolute Gasteiger partial charge is 0.222 e. The van der Waals surface area contributed by atoms with Gasteiger partial charge in [-0.15, -0.1) is 0 Å². The zero-order chi connectivity index (χ0) is 19.8. The van der Waals surface area contributed by atoms with Crippen LogP contribution in [-0.2, 0) is 4.79 Å². The van der Waals surface area contributed by atoms with E-state index in [1.165, 1.54) is 5.69 Å². The van der Waals surface area contributed by atoms with Gasteiger partial charge in [0.1, 0.15) is 5.75 Å². The lowest BCUT2D eigenvalue weighted by molar-refractivity contribution is -0.127. The van der Waals surface area contributed by atoms with Crippen molar-refractivity contribution in [1.82, 2.24) is 15.1 Å². The van der Waals surface area contributed by atoms with Gasteiger partial charge in [-0.05, 0) is 31.9 Å². The van der Waals surface area contributed by atoms with Gasteiger partial charge in [-0.2, -0.15) is 0 Å². The third kappa shape index (κ3) is 5.30. The molecular formula is C21H33N5O2. The highest BCUT2D eigenvalue weighted by Gasteiger charge is 2.21. The SMILES string of the molecule is CCNC(=NCCCN1CCCC1=O)N1CCN(c2cccc(OC)c2)CC1. The molecule has 0 atom stereocenters. The second-order valence-electron chi connectivity index (χ2n) is 7.25. The van der Waals surface area contributed by atoms with E-state index in [2.05, 4.69) is 34.2 Å². The van der Waals surface area contributed by atoms with Gasteiger partial charge < -0.3 is 24.8 Å². The molecule has 2 saturated heterocycles. The first-order valence-corrected chi connectivity index (χ1v) is 10.4. The number of nitrogens with zero attached hydrogens (tertiary/aromatic N) is 4. The largest absolute Gasteiger partial charge is 0.497 e. The monoisotopic (exact) mass is 387 g/mol. The molecule has 0 bridgehead atoms. The maximum Gasteiger partial charge on any atom is 0.222 e.